The number of nitrogens with two attached hydrogens (primary N) is 2. The van der Waals surface area contributed by atoms with Gasteiger partial charge in [0.05, 0.1) is 10.9 Å². The molecule has 0 fully saturated rings. The molecule has 0 aliphatic carbocycles. The fraction of sp³-hybridized carbons (Fsp3) is 0.300. The standard InChI is InChI=1S/C10H15N7O2S/c1-5-8(13-6(2)10-14-16-17-15-10)3-7(11)4-9(5)20(12,18)19/h3-4,6,13H,11H2,1-2H3,(H2,12,18,19)(H,14,15,16,17). The van der Waals surface area contributed by atoms with Gasteiger partial charge in [-0.3, -0.25) is 0 Å². The lowest BCUT2D eigenvalue weighted by atomic mass is 10.1. The highest BCUT2D eigenvalue weighted by Gasteiger charge is 2.18. The first kappa shape index (κ1) is 14.2. The first-order valence-corrected chi connectivity index (χ1v) is 7.26. The topological polar surface area (TPSA) is 153 Å². The van der Waals surface area contributed by atoms with Crippen LogP contribution >= 0.6 is 0 Å². The minimum absolute atomic E-state index is 0.0136. The smallest absolute Gasteiger partial charge is 0.238 e. The third-order valence-electron chi connectivity index (χ3n) is 2.81. The highest BCUT2D eigenvalue weighted by Crippen LogP contribution is 2.28. The molecule has 0 bridgehead atoms. The van der Waals surface area contributed by atoms with Crippen molar-refractivity contribution in [3.05, 3.63) is 23.5 Å². The maximum atomic E-state index is 11.5. The van der Waals surface area contributed by atoms with Gasteiger partial charge in [0.1, 0.15) is 0 Å². The number of hydrogen-bond donors (Lipinski definition) is 4. The Labute approximate surface area is 115 Å². The van der Waals surface area contributed by atoms with E-state index in [9.17, 15) is 8.42 Å². The molecular weight excluding hydrogens is 282 g/mol. The van der Waals surface area contributed by atoms with E-state index in [1.807, 2.05) is 6.92 Å². The number of sulfonamides is 1. The van der Waals surface area contributed by atoms with Crippen molar-refractivity contribution in [1.82, 2.24) is 20.6 Å². The van der Waals surface area contributed by atoms with Crippen LogP contribution in [0.4, 0.5) is 11.4 Å². The Hall–Kier alpha value is -2.20. The molecule has 1 atom stereocenters. The van der Waals surface area contributed by atoms with Crippen LogP contribution in [-0.2, 0) is 10.0 Å². The molecule has 0 saturated heterocycles. The fourth-order valence-corrected chi connectivity index (χ4v) is 2.64. The molecular formula is C10H15N7O2S. The summed E-state index contributed by atoms with van der Waals surface area (Å²) < 4.78 is 23.1. The number of rotatable bonds is 4. The molecule has 1 aromatic carbocycles. The van der Waals surface area contributed by atoms with Gasteiger partial charge in [-0.05, 0) is 31.5 Å². The van der Waals surface area contributed by atoms with Crippen molar-refractivity contribution in [2.75, 3.05) is 11.1 Å². The molecule has 0 amide bonds. The highest BCUT2D eigenvalue weighted by molar-refractivity contribution is 7.89. The van der Waals surface area contributed by atoms with Gasteiger partial charge in [0.2, 0.25) is 10.0 Å². The van der Waals surface area contributed by atoms with E-state index in [4.69, 9.17) is 10.9 Å². The van der Waals surface area contributed by atoms with Crippen LogP contribution in [0, 0.1) is 6.92 Å². The number of tetrazole rings is 1. The SMILES string of the molecule is Cc1c(NC(C)c2nn[nH]n2)cc(N)cc1S(N)(=O)=O. The highest BCUT2D eigenvalue weighted by atomic mass is 32.2. The normalized spacial score (nSPS) is 13.2. The average Bonchev–Trinajstić information content (AvgIpc) is 2.85. The van der Waals surface area contributed by atoms with Gasteiger partial charge in [-0.1, -0.05) is 5.21 Å². The molecule has 2 aromatic rings. The number of anilines is 2. The Bertz CT molecular complexity index is 711. The maximum Gasteiger partial charge on any atom is 0.238 e. The Balaban J connectivity index is 2.40. The van der Waals surface area contributed by atoms with Crippen LogP contribution in [0.25, 0.3) is 0 Å². The van der Waals surface area contributed by atoms with E-state index in [1.54, 1.807) is 13.0 Å². The van der Waals surface area contributed by atoms with Gasteiger partial charge >= 0.3 is 0 Å². The first-order chi connectivity index (χ1) is 9.29. The van der Waals surface area contributed by atoms with E-state index in [2.05, 4.69) is 25.9 Å². The Morgan fingerprint density at radius 2 is 2.10 bits per heavy atom. The molecule has 0 aliphatic heterocycles. The Kier molecular flexibility index (Phi) is 3.59. The van der Waals surface area contributed by atoms with Crippen molar-refractivity contribution in [2.45, 2.75) is 24.8 Å². The van der Waals surface area contributed by atoms with E-state index < -0.39 is 10.0 Å². The predicted octanol–water partition coefficient (Wildman–Crippen LogP) is -0.0892. The van der Waals surface area contributed by atoms with E-state index in [-0.39, 0.29) is 10.9 Å². The summed E-state index contributed by atoms with van der Waals surface area (Å²) in [6.07, 6.45) is 0. The largest absolute Gasteiger partial charge is 0.399 e. The quantitative estimate of drug-likeness (QED) is 0.575. The maximum absolute atomic E-state index is 11.5. The summed E-state index contributed by atoms with van der Waals surface area (Å²) in [6, 6.07) is 2.68. The second kappa shape index (κ2) is 5.06. The lowest BCUT2D eigenvalue weighted by Crippen LogP contribution is -2.16. The number of benzene rings is 1. The number of nitrogens with zero attached hydrogens (tertiary/aromatic N) is 3. The summed E-state index contributed by atoms with van der Waals surface area (Å²) in [5.41, 5.74) is 7.03. The molecule has 0 spiro atoms. The lowest BCUT2D eigenvalue weighted by molar-refractivity contribution is 0.597. The molecule has 1 heterocycles. The molecule has 2 rings (SSSR count). The second-order valence-electron chi connectivity index (χ2n) is 4.37. The van der Waals surface area contributed by atoms with Crippen LogP contribution in [0.2, 0.25) is 0 Å². The molecule has 0 saturated carbocycles. The van der Waals surface area contributed by atoms with Crippen LogP contribution in [0.15, 0.2) is 17.0 Å². The third kappa shape index (κ3) is 2.86. The van der Waals surface area contributed by atoms with Gasteiger partial charge in [-0.25, -0.2) is 13.6 Å². The lowest BCUT2D eigenvalue weighted by Gasteiger charge is -2.16. The summed E-state index contributed by atoms with van der Waals surface area (Å²) in [5, 5.41) is 21.8. The number of nitrogens with one attached hydrogen (secondary N) is 2. The summed E-state index contributed by atoms with van der Waals surface area (Å²) in [5.74, 6) is 0.448. The van der Waals surface area contributed by atoms with Gasteiger partial charge in [-0.15, -0.1) is 10.2 Å². The summed E-state index contributed by atoms with van der Waals surface area (Å²) >= 11 is 0. The van der Waals surface area contributed by atoms with Gasteiger partial charge in [0, 0.05) is 11.4 Å². The van der Waals surface area contributed by atoms with Crippen LogP contribution in [0.3, 0.4) is 0 Å². The number of H-pyrrole nitrogens is 1. The molecule has 1 aromatic heterocycles. The molecule has 9 nitrogen and oxygen atoms in total. The van der Waals surface area contributed by atoms with E-state index in [1.165, 1.54) is 6.07 Å². The van der Waals surface area contributed by atoms with Crippen LogP contribution in [-0.4, -0.2) is 29.0 Å². The molecule has 6 N–H and O–H groups in total. The van der Waals surface area contributed by atoms with Gasteiger partial charge in [0.15, 0.2) is 5.82 Å². The van der Waals surface area contributed by atoms with Gasteiger partial charge < -0.3 is 11.1 Å². The zero-order chi connectivity index (χ0) is 14.9. The monoisotopic (exact) mass is 297 g/mol. The summed E-state index contributed by atoms with van der Waals surface area (Å²) in [4.78, 5) is -0.0136. The number of primary sulfonamides is 1. The van der Waals surface area contributed by atoms with E-state index in [0.717, 1.165) is 0 Å². The number of aromatic amines is 1. The van der Waals surface area contributed by atoms with Crippen LogP contribution < -0.4 is 16.2 Å². The molecule has 0 aliphatic rings. The van der Waals surface area contributed by atoms with Crippen LogP contribution in [0.1, 0.15) is 24.4 Å². The zero-order valence-corrected chi connectivity index (χ0v) is 11.8. The van der Waals surface area contributed by atoms with E-state index >= 15 is 0 Å². The minimum atomic E-state index is -3.84. The van der Waals surface area contributed by atoms with Gasteiger partial charge in [0.25, 0.3) is 0 Å². The molecule has 10 heteroatoms. The first-order valence-electron chi connectivity index (χ1n) is 5.72. The Morgan fingerprint density at radius 1 is 1.40 bits per heavy atom. The molecule has 1 unspecified atom stereocenters. The average molecular weight is 297 g/mol. The molecule has 108 valence electrons. The fourth-order valence-electron chi connectivity index (χ4n) is 1.81. The van der Waals surface area contributed by atoms with Crippen molar-refractivity contribution in [2.24, 2.45) is 5.14 Å². The van der Waals surface area contributed by atoms with Crippen molar-refractivity contribution >= 4 is 21.4 Å². The second-order valence-corrected chi connectivity index (χ2v) is 5.90. The van der Waals surface area contributed by atoms with E-state index in [0.29, 0.717) is 22.8 Å². The third-order valence-corrected chi connectivity index (χ3v) is 3.85. The zero-order valence-electron chi connectivity index (χ0n) is 11.0. The van der Waals surface area contributed by atoms with Crippen molar-refractivity contribution in [3.63, 3.8) is 0 Å². The Morgan fingerprint density at radius 3 is 2.65 bits per heavy atom. The predicted molar refractivity (Wildman–Crippen MR) is 73.2 cm³/mol. The summed E-state index contributed by atoms with van der Waals surface area (Å²) in [7, 11) is -3.84. The number of hydrogen-bond acceptors (Lipinski definition) is 7. The minimum Gasteiger partial charge on any atom is -0.399 e. The molecule has 0 radical (unpaired) electrons. The molecule has 20 heavy (non-hydrogen) atoms. The van der Waals surface area contributed by atoms with Crippen LogP contribution in [0.5, 0.6) is 0 Å². The van der Waals surface area contributed by atoms with Crippen molar-refractivity contribution < 1.29 is 8.42 Å². The van der Waals surface area contributed by atoms with Gasteiger partial charge in [-0.2, -0.15) is 5.21 Å². The van der Waals surface area contributed by atoms with Crippen molar-refractivity contribution in [3.8, 4) is 0 Å². The van der Waals surface area contributed by atoms with Crippen molar-refractivity contribution in [1.29, 1.82) is 0 Å². The number of aromatic nitrogens is 4. The number of nitrogen functional groups attached to an aromatic ring is 1. The summed E-state index contributed by atoms with van der Waals surface area (Å²) in [6.45, 7) is 3.45.